The second-order valence-corrected chi connectivity index (χ2v) is 6.90. The van der Waals surface area contributed by atoms with Crippen LogP contribution in [0.2, 0.25) is 0 Å². The number of aromatic nitrogens is 2. The van der Waals surface area contributed by atoms with Gasteiger partial charge in [-0.25, -0.2) is 9.37 Å². The van der Waals surface area contributed by atoms with Crippen LogP contribution in [-0.2, 0) is 17.8 Å². The van der Waals surface area contributed by atoms with Crippen LogP contribution >= 0.6 is 0 Å². The first kappa shape index (κ1) is 18.7. The maximum absolute atomic E-state index is 13.2. The van der Waals surface area contributed by atoms with Gasteiger partial charge in [0.1, 0.15) is 18.2 Å². The second kappa shape index (κ2) is 8.99. The minimum absolute atomic E-state index is 0.0383. The predicted octanol–water partition coefficient (Wildman–Crippen LogP) is 3.67. The SMILES string of the molecule is Fc1ccc([C@H]2CN(Cc3ccccc3OCCn3ccnc3)CCO2)cc1. The fourth-order valence-corrected chi connectivity index (χ4v) is 3.42. The van der Waals surface area contributed by atoms with Crippen molar-refractivity contribution >= 4 is 0 Å². The van der Waals surface area contributed by atoms with Gasteiger partial charge in [0.15, 0.2) is 0 Å². The van der Waals surface area contributed by atoms with Gasteiger partial charge in [-0.15, -0.1) is 0 Å². The van der Waals surface area contributed by atoms with Crippen LogP contribution in [0.1, 0.15) is 17.2 Å². The maximum Gasteiger partial charge on any atom is 0.123 e. The first-order chi connectivity index (χ1) is 13.8. The highest BCUT2D eigenvalue weighted by Gasteiger charge is 2.22. The maximum atomic E-state index is 13.2. The van der Waals surface area contributed by atoms with E-state index >= 15 is 0 Å². The minimum atomic E-state index is -0.224. The molecule has 3 aromatic rings. The second-order valence-electron chi connectivity index (χ2n) is 6.90. The monoisotopic (exact) mass is 381 g/mol. The van der Waals surface area contributed by atoms with E-state index in [9.17, 15) is 4.39 Å². The Morgan fingerprint density at radius 3 is 2.82 bits per heavy atom. The van der Waals surface area contributed by atoms with Crippen LogP contribution in [0.25, 0.3) is 0 Å². The fourth-order valence-electron chi connectivity index (χ4n) is 3.42. The summed E-state index contributed by atoms with van der Waals surface area (Å²) in [5.41, 5.74) is 2.17. The summed E-state index contributed by atoms with van der Waals surface area (Å²) >= 11 is 0. The number of hydrogen-bond donors (Lipinski definition) is 0. The van der Waals surface area contributed by atoms with Gasteiger partial charge in [-0.05, 0) is 23.8 Å². The van der Waals surface area contributed by atoms with Crippen LogP contribution < -0.4 is 4.74 Å². The van der Waals surface area contributed by atoms with Gasteiger partial charge in [0.2, 0.25) is 0 Å². The molecule has 6 heteroatoms. The van der Waals surface area contributed by atoms with E-state index in [4.69, 9.17) is 9.47 Å². The smallest absolute Gasteiger partial charge is 0.123 e. The summed E-state index contributed by atoms with van der Waals surface area (Å²) in [6.45, 7) is 4.44. The van der Waals surface area contributed by atoms with Gasteiger partial charge >= 0.3 is 0 Å². The number of rotatable bonds is 7. The highest BCUT2D eigenvalue weighted by atomic mass is 19.1. The molecule has 0 amide bonds. The molecule has 1 aromatic heterocycles. The lowest BCUT2D eigenvalue weighted by Crippen LogP contribution is -2.37. The molecule has 0 aliphatic carbocycles. The van der Waals surface area contributed by atoms with E-state index in [1.165, 1.54) is 12.1 Å². The molecule has 0 radical (unpaired) electrons. The zero-order valence-electron chi connectivity index (χ0n) is 15.7. The van der Waals surface area contributed by atoms with Crippen molar-refractivity contribution < 1.29 is 13.9 Å². The van der Waals surface area contributed by atoms with Gasteiger partial charge in [0.25, 0.3) is 0 Å². The minimum Gasteiger partial charge on any atom is -0.491 e. The Hall–Kier alpha value is -2.70. The lowest BCUT2D eigenvalue weighted by molar-refractivity contribution is -0.0331. The molecule has 1 aliphatic rings. The Morgan fingerprint density at radius 1 is 1.14 bits per heavy atom. The third-order valence-electron chi connectivity index (χ3n) is 4.93. The molecule has 0 spiro atoms. The number of morpholine rings is 1. The molecule has 2 aromatic carbocycles. The predicted molar refractivity (Wildman–Crippen MR) is 105 cm³/mol. The van der Waals surface area contributed by atoms with E-state index in [1.54, 1.807) is 24.7 Å². The molecule has 1 aliphatic heterocycles. The van der Waals surface area contributed by atoms with Crippen LogP contribution in [0, 0.1) is 5.82 Å². The summed E-state index contributed by atoms with van der Waals surface area (Å²) < 4.78 is 27.1. The number of ether oxygens (including phenoxy) is 2. The van der Waals surface area contributed by atoms with Crippen molar-refractivity contribution in [2.45, 2.75) is 19.2 Å². The summed E-state index contributed by atoms with van der Waals surface area (Å²) in [5.74, 6) is 0.686. The lowest BCUT2D eigenvalue weighted by atomic mass is 10.1. The number of imidazole rings is 1. The molecule has 0 bridgehead atoms. The van der Waals surface area contributed by atoms with Crippen molar-refractivity contribution in [1.82, 2.24) is 14.5 Å². The summed E-state index contributed by atoms with van der Waals surface area (Å²) in [4.78, 5) is 6.40. The van der Waals surface area contributed by atoms with Gasteiger partial charge in [0, 0.05) is 37.6 Å². The Balaban J connectivity index is 1.37. The van der Waals surface area contributed by atoms with Crippen molar-refractivity contribution in [2.75, 3.05) is 26.3 Å². The van der Waals surface area contributed by atoms with Gasteiger partial charge in [-0.2, -0.15) is 0 Å². The highest BCUT2D eigenvalue weighted by Crippen LogP contribution is 2.26. The summed E-state index contributed by atoms with van der Waals surface area (Å²) in [6, 6.07) is 14.7. The topological polar surface area (TPSA) is 39.5 Å². The Morgan fingerprint density at radius 2 is 2.00 bits per heavy atom. The van der Waals surface area contributed by atoms with Crippen molar-refractivity contribution in [3.63, 3.8) is 0 Å². The van der Waals surface area contributed by atoms with Gasteiger partial charge in [0.05, 0.1) is 25.6 Å². The van der Waals surface area contributed by atoms with Crippen molar-refractivity contribution in [1.29, 1.82) is 0 Å². The average Bonchev–Trinajstić information content (AvgIpc) is 3.24. The molecule has 28 heavy (non-hydrogen) atoms. The number of nitrogens with zero attached hydrogens (tertiary/aromatic N) is 3. The summed E-state index contributed by atoms with van der Waals surface area (Å²) in [6.07, 6.45) is 5.45. The highest BCUT2D eigenvalue weighted by molar-refractivity contribution is 5.33. The molecule has 0 N–H and O–H groups in total. The number of halogens is 1. The Labute approximate surface area is 164 Å². The molecule has 5 nitrogen and oxygen atoms in total. The zero-order chi connectivity index (χ0) is 19.2. The van der Waals surface area contributed by atoms with E-state index < -0.39 is 0 Å². The van der Waals surface area contributed by atoms with Crippen molar-refractivity contribution in [3.05, 3.63) is 84.2 Å². The molecular formula is C22H24FN3O2. The van der Waals surface area contributed by atoms with Gasteiger partial charge in [-0.1, -0.05) is 30.3 Å². The first-order valence-corrected chi connectivity index (χ1v) is 9.54. The molecule has 1 atom stereocenters. The third-order valence-corrected chi connectivity index (χ3v) is 4.93. The molecular weight excluding hydrogens is 357 g/mol. The largest absolute Gasteiger partial charge is 0.491 e. The van der Waals surface area contributed by atoms with E-state index in [0.29, 0.717) is 13.2 Å². The van der Waals surface area contributed by atoms with Crippen LogP contribution in [0.3, 0.4) is 0 Å². The standard InChI is InChI=1S/C22H24FN3O2/c23-20-7-5-18(6-8-20)22-16-26(12-14-28-22)15-19-3-1-2-4-21(19)27-13-11-25-10-9-24-17-25/h1-10,17,22H,11-16H2/t22-/m1/s1. The number of benzene rings is 2. The van der Waals surface area contributed by atoms with E-state index in [0.717, 1.165) is 43.1 Å². The third kappa shape index (κ3) is 4.77. The molecule has 0 unspecified atom stereocenters. The van der Waals surface area contributed by atoms with Crippen molar-refractivity contribution in [2.24, 2.45) is 0 Å². The summed E-state index contributed by atoms with van der Waals surface area (Å²) in [7, 11) is 0. The lowest BCUT2D eigenvalue weighted by Gasteiger charge is -2.33. The van der Waals surface area contributed by atoms with E-state index in [2.05, 4.69) is 16.0 Å². The molecule has 2 heterocycles. The zero-order valence-corrected chi connectivity index (χ0v) is 15.7. The van der Waals surface area contributed by atoms with Crippen molar-refractivity contribution in [3.8, 4) is 5.75 Å². The van der Waals surface area contributed by atoms with Crippen LogP contribution in [0.4, 0.5) is 4.39 Å². The number of hydrogen-bond acceptors (Lipinski definition) is 4. The molecule has 4 rings (SSSR count). The van der Waals surface area contributed by atoms with Gasteiger partial charge in [-0.3, -0.25) is 4.90 Å². The first-order valence-electron chi connectivity index (χ1n) is 9.54. The van der Waals surface area contributed by atoms with Crippen LogP contribution in [-0.4, -0.2) is 40.8 Å². The van der Waals surface area contributed by atoms with E-state index in [1.807, 2.05) is 29.0 Å². The van der Waals surface area contributed by atoms with Gasteiger partial charge < -0.3 is 14.0 Å². The normalized spacial score (nSPS) is 17.5. The molecule has 1 saturated heterocycles. The summed E-state index contributed by atoms with van der Waals surface area (Å²) in [5, 5.41) is 0. The fraction of sp³-hybridized carbons (Fsp3) is 0.318. The quantitative estimate of drug-likeness (QED) is 0.626. The van der Waals surface area contributed by atoms with Crippen LogP contribution in [0.5, 0.6) is 5.75 Å². The van der Waals surface area contributed by atoms with Crippen LogP contribution in [0.15, 0.2) is 67.3 Å². The molecule has 146 valence electrons. The number of para-hydroxylation sites is 1. The van der Waals surface area contributed by atoms with E-state index in [-0.39, 0.29) is 11.9 Å². The average molecular weight is 381 g/mol. The molecule has 0 saturated carbocycles. The Bertz CT molecular complexity index is 868. The molecule has 1 fully saturated rings. The Kier molecular flexibility index (Phi) is 5.99.